The van der Waals surface area contributed by atoms with Crippen LogP contribution in [0.1, 0.15) is 34.6 Å². The molecule has 0 spiro atoms. The molecule has 116 valence electrons. The molecule has 0 saturated carbocycles. The molecule has 0 unspecified atom stereocenters. The highest BCUT2D eigenvalue weighted by Gasteiger charge is 2.30. The average molecular weight is 289 g/mol. The Labute approximate surface area is 119 Å². The molecule has 1 amide bonds. The van der Waals surface area contributed by atoms with Gasteiger partial charge in [-0.3, -0.25) is 4.90 Å². The molecule has 0 aromatic heterocycles. The van der Waals surface area contributed by atoms with Gasteiger partial charge in [-0.05, 0) is 26.7 Å². The van der Waals surface area contributed by atoms with Crippen molar-refractivity contribution in [2.45, 2.75) is 40.2 Å². The van der Waals surface area contributed by atoms with Crippen molar-refractivity contribution < 1.29 is 28.6 Å². The van der Waals surface area contributed by atoms with E-state index in [0.717, 1.165) is 4.90 Å². The standard InChI is InChI=1S/C13H23NO6/c1-9(2)8-19-12(17)20-10(15)7-14(11(16)18-6)13(3,4)5/h9H,7-8H2,1-6H3. The lowest BCUT2D eigenvalue weighted by atomic mass is 10.1. The van der Waals surface area contributed by atoms with Crippen molar-refractivity contribution in [3.05, 3.63) is 0 Å². The fourth-order valence-corrected chi connectivity index (χ4v) is 1.20. The van der Waals surface area contributed by atoms with Crippen LogP contribution in [0.5, 0.6) is 0 Å². The van der Waals surface area contributed by atoms with Crippen LogP contribution in [0.2, 0.25) is 0 Å². The smallest absolute Gasteiger partial charge is 0.453 e. The second-order valence-electron chi connectivity index (χ2n) is 5.66. The Morgan fingerprint density at radius 1 is 1.15 bits per heavy atom. The second kappa shape index (κ2) is 7.72. The van der Waals surface area contributed by atoms with Crippen molar-refractivity contribution in [1.29, 1.82) is 0 Å². The number of methoxy groups -OCH3 is 1. The largest absolute Gasteiger partial charge is 0.516 e. The maximum Gasteiger partial charge on any atom is 0.516 e. The van der Waals surface area contributed by atoms with E-state index >= 15 is 0 Å². The third-order valence-electron chi connectivity index (χ3n) is 2.22. The number of carbonyl (C=O) groups is 3. The summed E-state index contributed by atoms with van der Waals surface area (Å²) in [6.07, 6.45) is -1.74. The molecule has 20 heavy (non-hydrogen) atoms. The molecule has 0 N–H and O–H groups in total. The fraction of sp³-hybridized carbons (Fsp3) is 0.769. The van der Waals surface area contributed by atoms with Gasteiger partial charge in [-0.2, -0.15) is 0 Å². The second-order valence-corrected chi connectivity index (χ2v) is 5.66. The molecule has 7 heteroatoms. The zero-order chi connectivity index (χ0) is 15.9. The van der Waals surface area contributed by atoms with E-state index in [2.05, 4.69) is 9.47 Å². The van der Waals surface area contributed by atoms with Gasteiger partial charge in [0.05, 0.1) is 13.7 Å². The Hall–Kier alpha value is -1.79. The van der Waals surface area contributed by atoms with Crippen molar-refractivity contribution in [3.8, 4) is 0 Å². The maximum atomic E-state index is 11.6. The monoisotopic (exact) mass is 289 g/mol. The van der Waals surface area contributed by atoms with Crippen LogP contribution in [0.25, 0.3) is 0 Å². The van der Waals surface area contributed by atoms with Crippen molar-refractivity contribution >= 4 is 18.2 Å². The summed E-state index contributed by atoms with van der Waals surface area (Å²) in [6, 6.07) is 0. The predicted molar refractivity (Wildman–Crippen MR) is 71.1 cm³/mol. The Kier molecular flexibility index (Phi) is 7.02. The molecule has 0 aromatic rings. The highest BCUT2D eigenvalue weighted by Crippen LogP contribution is 2.14. The molecular weight excluding hydrogens is 266 g/mol. The lowest BCUT2D eigenvalue weighted by molar-refractivity contribution is -0.142. The summed E-state index contributed by atoms with van der Waals surface area (Å²) in [4.78, 5) is 35.6. The van der Waals surface area contributed by atoms with Gasteiger partial charge in [0.25, 0.3) is 0 Å². The number of amides is 1. The summed E-state index contributed by atoms with van der Waals surface area (Å²) in [5, 5.41) is 0. The number of rotatable bonds is 4. The minimum atomic E-state index is -1.07. The Morgan fingerprint density at radius 2 is 1.70 bits per heavy atom. The average Bonchev–Trinajstić information content (AvgIpc) is 2.31. The minimum Gasteiger partial charge on any atom is -0.453 e. The molecule has 0 radical (unpaired) electrons. The number of hydrogen-bond acceptors (Lipinski definition) is 6. The summed E-state index contributed by atoms with van der Waals surface area (Å²) in [6.45, 7) is 8.66. The molecule has 0 aliphatic carbocycles. The van der Waals surface area contributed by atoms with E-state index < -0.39 is 30.3 Å². The summed E-state index contributed by atoms with van der Waals surface area (Å²) >= 11 is 0. The molecular formula is C13H23NO6. The molecule has 7 nitrogen and oxygen atoms in total. The Bertz CT molecular complexity index is 358. The highest BCUT2D eigenvalue weighted by molar-refractivity contribution is 5.85. The van der Waals surface area contributed by atoms with Crippen molar-refractivity contribution in [2.24, 2.45) is 5.92 Å². The first kappa shape index (κ1) is 18.2. The maximum absolute atomic E-state index is 11.6. The van der Waals surface area contributed by atoms with Crippen LogP contribution >= 0.6 is 0 Å². The van der Waals surface area contributed by atoms with Crippen LogP contribution < -0.4 is 0 Å². The quantitative estimate of drug-likeness (QED) is 0.583. The molecule has 0 heterocycles. The van der Waals surface area contributed by atoms with E-state index in [9.17, 15) is 14.4 Å². The third kappa shape index (κ3) is 6.96. The molecule has 0 rings (SSSR count). The van der Waals surface area contributed by atoms with Crippen molar-refractivity contribution in [1.82, 2.24) is 4.90 Å². The lowest BCUT2D eigenvalue weighted by Crippen LogP contribution is -2.48. The predicted octanol–water partition coefficient (Wildman–Crippen LogP) is 2.19. The fourth-order valence-electron chi connectivity index (χ4n) is 1.20. The van der Waals surface area contributed by atoms with Crippen molar-refractivity contribution in [2.75, 3.05) is 20.3 Å². The highest BCUT2D eigenvalue weighted by atomic mass is 16.7. The SMILES string of the molecule is COC(=O)N(CC(=O)OC(=O)OCC(C)C)C(C)(C)C. The van der Waals surface area contributed by atoms with E-state index in [4.69, 9.17) is 4.74 Å². The van der Waals surface area contributed by atoms with Gasteiger partial charge in [-0.1, -0.05) is 13.8 Å². The van der Waals surface area contributed by atoms with E-state index in [1.807, 2.05) is 13.8 Å². The van der Waals surface area contributed by atoms with Gasteiger partial charge in [-0.15, -0.1) is 0 Å². The Morgan fingerprint density at radius 3 is 2.10 bits per heavy atom. The number of hydrogen-bond donors (Lipinski definition) is 0. The molecule has 0 bridgehead atoms. The Balaban J connectivity index is 4.48. The number of carbonyl (C=O) groups excluding carboxylic acids is 3. The molecule has 0 aromatic carbocycles. The first-order valence-electron chi connectivity index (χ1n) is 6.31. The van der Waals surface area contributed by atoms with Crippen LogP contribution in [0.15, 0.2) is 0 Å². The van der Waals surface area contributed by atoms with Crippen LogP contribution in [0.3, 0.4) is 0 Å². The summed E-state index contributed by atoms with van der Waals surface area (Å²) in [5.41, 5.74) is -0.645. The van der Waals surface area contributed by atoms with Gasteiger partial charge >= 0.3 is 18.2 Å². The van der Waals surface area contributed by atoms with Gasteiger partial charge in [0, 0.05) is 5.54 Å². The van der Waals surface area contributed by atoms with Gasteiger partial charge in [0.2, 0.25) is 0 Å². The molecule has 0 fully saturated rings. The zero-order valence-electron chi connectivity index (χ0n) is 12.9. The summed E-state index contributed by atoms with van der Waals surface area (Å²) in [7, 11) is 1.21. The zero-order valence-corrected chi connectivity index (χ0v) is 12.9. The van der Waals surface area contributed by atoms with E-state index in [-0.39, 0.29) is 12.5 Å². The topological polar surface area (TPSA) is 82.1 Å². The molecule has 0 atom stereocenters. The van der Waals surface area contributed by atoms with E-state index in [1.54, 1.807) is 20.8 Å². The van der Waals surface area contributed by atoms with Crippen LogP contribution in [0, 0.1) is 5.92 Å². The van der Waals surface area contributed by atoms with E-state index in [1.165, 1.54) is 7.11 Å². The van der Waals surface area contributed by atoms with E-state index in [0.29, 0.717) is 0 Å². The van der Waals surface area contributed by atoms with Crippen molar-refractivity contribution in [3.63, 3.8) is 0 Å². The number of ether oxygens (including phenoxy) is 3. The molecule has 0 saturated heterocycles. The lowest BCUT2D eigenvalue weighted by Gasteiger charge is -2.33. The summed E-state index contributed by atoms with van der Waals surface area (Å²) in [5.74, 6) is -0.738. The van der Waals surface area contributed by atoms with Gasteiger partial charge < -0.3 is 14.2 Å². The third-order valence-corrected chi connectivity index (χ3v) is 2.22. The first-order chi connectivity index (χ1) is 9.07. The minimum absolute atomic E-state index is 0.138. The normalized spacial score (nSPS) is 10.9. The molecule has 0 aliphatic heterocycles. The van der Waals surface area contributed by atoms with Gasteiger partial charge in [0.15, 0.2) is 0 Å². The van der Waals surface area contributed by atoms with Crippen LogP contribution in [-0.2, 0) is 19.0 Å². The van der Waals surface area contributed by atoms with Gasteiger partial charge in [-0.25, -0.2) is 14.4 Å². The number of esters is 1. The number of nitrogens with zero attached hydrogens (tertiary/aromatic N) is 1. The first-order valence-corrected chi connectivity index (χ1v) is 6.31. The van der Waals surface area contributed by atoms with Crippen LogP contribution in [-0.4, -0.2) is 48.9 Å². The molecule has 0 aliphatic rings. The van der Waals surface area contributed by atoms with Gasteiger partial charge in [0.1, 0.15) is 6.54 Å². The summed E-state index contributed by atoms with van der Waals surface area (Å²) < 4.78 is 13.8. The van der Waals surface area contributed by atoms with Crippen LogP contribution in [0.4, 0.5) is 9.59 Å².